The van der Waals surface area contributed by atoms with Gasteiger partial charge in [-0.25, -0.2) is 0 Å². The third-order valence-corrected chi connectivity index (χ3v) is 4.12. The van der Waals surface area contributed by atoms with Gasteiger partial charge in [-0.05, 0) is 24.8 Å². The molecule has 20 heavy (non-hydrogen) atoms. The molecule has 1 aromatic heterocycles. The molecule has 3 rings (SSSR count). The molecular formula is C16H21N3O. The fraction of sp³-hybridized carbons (Fsp3) is 0.438. The first kappa shape index (κ1) is 13.3. The van der Waals surface area contributed by atoms with Gasteiger partial charge in [0.15, 0.2) is 0 Å². The SMILES string of the molecule is Cn1ncc2c1CCCC2NCC(O)c1ccccc1. The minimum atomic E-state index is -0.460. The Morgan fingerprint density at radius 2 is 2.20 bits per heavy atom. The Balaban J connectivity index is 1.65. The molecule has 1 heterocycles. The standard InChI is InChI=1S/C16H21N3O/c1-19-15-9-5-8-14(13(15)10-18-19)17-11-16(20)12-6-3-2-4-7-12/h2-4,6-7,10,14,16-17,20H,5,8-9,11H2,1H3. The minimum Gasteiger partial charge on any atom is -0.387 e. The van der Waals surface area contributed by atoms with Crippen LogP contribution in [0.1, 0.15) is 41.8 Å². The van der Waals surface area contributed by atoms with Gasteiger partial charge in [-0.3, -0.25) is 4.68 Å². The quantitative estimate of drug-likeness (QED) is 0.895. The van der Waals surface area contributed by atoms with E-state index < -0.39 is 6.10 Å². The monoisotopic (exact) mass is 271 g/mol. The Labute approximate surface area is 119 Å². The van der Waals surface area contributed by atoms with Gasteiger partial charge in [0.25, 0.3) is 0 Å². The van der Waals surface area contributed by atoms with E-state index in [0.29, 0.717) is 12.6 Å². The predicted molar refractivity (Wildman–Crippen MR) is 78.3 cm³/mol. The summed E-state index contributed by atoms with van der Waals surface area (Å²) in [6.07, 6.45) is 4.89. The van der Waals surface area contributed by atoms with Crippen LogP contribution in [0.2, 0.25) is 0 Å². The number of aryl methyl sites for hydroxylation is 1. The Morgan fingerprint density at radius 3 is 3.00 bits per heavy atom. The van der Waals surface area contributed by atoms with Crippen LogP contribution in [0.3, 0.4) is 0 Å². The number of aliphatic hydroxyl groups is 1. The highest BCUT2D eigenvalue weighted by Crippen LogP contribution is 2.29. The van der Waals surface area contributed by atoms with Crippen LogP contribution in [-0.2, 0) is 13.5 Å². The van der Waals surface area contributed by atoms with Crippen molar-refractivity contribution in [1.29, 1.82) is 0 Å². The lowest BCUT2D eigenvalue weighted by Gasteiger charge is -2.25. The zero-order valence-corrected chi connectivity index (χ0v) is 11.8. The Bertz CT molecular complexity index is 564. The molecule has 0 radical (unpaired) electrons. The van der Waals surface area contributed by atoms with Gasteiger partial charge in [-0.2, -0.15) is 5.10 Å². The van der Waals surface area contributed by atoms with Crippen molar-refractivity contribution in [3.63, 3.8) is 0 Å². The van der Waals surface area contributed by atoms with Crippen LogP contribution in [0.4, 0.5) is 0 Å². The molecule has 0 fully saturated rings. The molecule has 106 valence electrons. The lowest BCUT2D eigenvalue weighted by molar-refractivity contribution is 0.168. The highest BCUT2D eigenvalue weighted by molar-refractivity contribution is 5.25. The van der Waals surface area contributed by atoms with E-state index in [9.17, 15) is 5.11 Å². The number of aliphatic hydroxyl groups excluding tert-OH is 1. The zero-order valence-electron chi connectivity index (χ0n) is 11.8. The largest absolute Gasteiger partial charge is 0.387 e. The summed E-state index contributed by atoms with van der Waals surface area (Å²) in [7, 11) is 2.00. The molecule has 0 saturated carbocycles. The van der Waals surface area contributed by atoms with Gasteiger partial charge < -0.3 is 10.4 Å². The average Bonchev–Trinajstić information content (AvgIpc) is 2.88. The van der Waals surface area contributed by atoms with Gasteiger partial charge in [-0.1, -0.05) is 30.3 Å². The topological polar surface area (TPSA) is 50.1 Å². The molecule has 0 amide bonds. The lowest BCUT2D eigenvalue weighted by atomic mass is 9.93. The van der Waals surface area contributed by atoms with Gasteiger partial charge in [0.2, 0.25) is 0 Å². The van der Waals surface area contributed by atoms with Crippen molar-refractivity contribution in [2.75, 3.05) is 6.54 Å². The number of nitrogens with zero attached hydrogens (tertiary/aromatic N) is 2. The number of hydrogen-bond acceptors (Lipinski definition) is 3. The van der Waals surface area contributed by atoms with Crippen LogP contribution in [0.25, 0.3) is 0 Å². The maximum Gasteiger partial charge on any atom is 0.0914 e. The van der Waals surface area contributed by atoms with Crippen molar-refractivity contribution in [2.24, 2.45) is 7.05 Å². The maximum absolute atomic E-state index is 10.2. The highest BCUT2D eigenvalue weighted by atomic mass is 16.3. The highest BCUT2D eigenvalue weighted by Gasteiger charge is 2.23. The van der Waals surface area contributed by atoms with Crippen molar-refractivity contribution in [1.82, 2.24) is 15.1 Å². The average molecular weight is 271 g/mol. The molecule has 0 bridgehead atoms. The van der Waals surface area contributed by atoms with E-state index in [1.165, 1.54) is 17.7 Å². The molecule has 0 spiro atoms. The first-order chi connectivity index (χ1) is 9.75. The molecule has 1 aliphatic carbocycles. The van der Waals surface area contributed by atoms with Gasteiger partial charge >= 0.3 is 0 Å². The van der Waals surface area contributed by atoms with Gasteiger partial charge in [0.1, 0.15) is 0 Å². The molecule has 4 heteroatoms. The summed E-state index contributed by atoms with van der Waals surface area (Å²) < 4.78 is 1.97. The van der Waals surface area contributed by atoms with Gasteiger partial charge in [0.05, 0.1) is 12.3 Å². The summed E-state index contributed by atoms with van der Waals surface area (Å²) in [6, 6.07) is 10.1. The number of aromatic nitrogens is 2. The lowest BCUT2D eigenvalue weighted by Crippen LogP contribution is -2.29. The first-order valence-electron chi connectivity index (χ1n) is 7.23. The van der Waals surface area contributed by atoms with Crippen molar-refractivity contribution in [3.05, 3.63) is 53.3 Å². The molecule has 2 unspecified atom stereocenters. The second-order valence-electron chi connectivity index (χ2n) is 5.45. The second kappa shape index (κ2) is 5.77. The van der Waals surface area contributed by atoms with Crippen molar-refractivity contribution in [2.45, 2.75) is 31.4 Å². The first-order valence-corrected chi connectivity index (χ1v) is 7.23. The van der Waals surface area contributed by atoms with Gasteiger partial charge in [0, 0.05) is 30.9 Å². The molecule has 1 aliphatic rings. The van der Waals surface area contributed by atoms with Gasteiger partial charge in [-0.15, -0.1) is 0 Å². The van der Waals surface area contributed by atoms with Crippen LogP contribution in [-0.4, -0.2) is 21.4 Å². The fourth-order valence-corrected chi connectivity index (χ4v) is 2.97. The molecule has 1 aromatic carbocycles. The molecule has 2 aromatic rings. The number of hydrogen-bond donors (Lipinski definition) is 2. The minimum absolute atomic E-state index is 0.311. The van der Waals surface area contributed by atoms with E-state index in [-0.39, 0.29) is 0 Å². The summed E-state index contributed by atoms with van der Waals surface area (Å²) in [4.78, 5) is 0. The van der Waals surface area contributed by atoms with Crippen LogP contribution in [0.15, 0.2) is 36.5 Å². The number of rotatable bonds is 4. The second-order valence-corrected chi connectivity index (χ2v) is 5.45. The summed E-state index contributed by atoms with van der Waals surface area (Å²) in [5, 5.41) is 18.1. The molecule has 2 N–H and O–H groups in total. The van der Waals surface area contributed by atoms with Crippen LogP contribution >= 0.6 is 0 Å². The fourth-order valence-electron chi connectivity index (χ4n) is 2.97. The normalized spacial score (nSPS) is 19.6. The molecule has 2 atom stereocenters. The van der Waals surface area contributed by atoms with E-state index in [0.717, 1.165) is 18.4 Å². The zero-order chi connectivity index (χ0) is 13.9. The summed E-state index contributed by atoms with van der Waals surface area (Å²) in [5.74, 6) is 0. The number of nitrogens with one attached hydrogen (secondary N) is 1. The van der Waals surface area contributed by atoms with Crippen LogP contribution in [0.5, 0.6) is 0 Å². The Kier molecular flexibility index (Phi) is 3.85. The molecular weight excluding hydrogens is 250 g/mol. The molecule has 4 nitrogen and oxygen atoms in total. The number of benzene rings is 1. The Morgan fingerprint density at radius 1 is 1.40 bits per heavy atom. The molecule has 0 aliphatic heterocycles. The summed E-state index contributed by atoms with van der Waals surface area (Å²) in [6.45, 7) is 0.572. The van der Waals surface area contributed by atoms with Crippen LogP contribution in [0, 0.1) is 0 Å². The predicted octanol–water partition coefficient (Wildman–Crippen LogP) is 2.12. The molecule has 0 saturated heterocycles. The van der Waals surface area contributed by atoms with E-state index in [1.807, 2.05) is 48.3 Å². The third-order valence-electron chi connectivity index (χ3n) is 4.12. The summed E-state index contributed by atoms with van der Waals surface area (Å²) in [5.41, 5.74) is 3.57. The van der Waals surface area contributed by atoms with Crippen molar-refractivity contribution >= 4 is 0 Å². The smallest absolute Gasteiger partial charge is 0.0914 e. The Hall–Kier alpha value is -1.65. The van der Waals surface area contributed by atoms with Crippen molar-refractivity contribution in [3.8, 4) is 0 Å². The van der Waals surface area contributed by atoms with Crippen molar-refractivity contribution < 1.29 is 5.11 Å². The van der Waals surface area contributed by atoms with E-state index >= 15 is 0 Å². The van der Waals surface area contributed by atoms with E-state index in [1.54, 1.807) is 0 Å². The van der Waals surface area contributed by atoms with E-state index in [2.05, 4.69) is 10.4 Å². The number of fused-ring (bicyclic) bond motifs is 1. The van der Waals surface area contributed by atoms with E-state index in [4.69, 9.17) is 0 Å². The third kappa shape index (κ3) is 2.62. The van der Waals surface area contributed by atoms with Crippen LogP contribution < -0.4 is 5.32 Å². The maximum atomic E-state index is 10.2. The summed E-state index contributed by atoms with van der Waals surface area (Å²) >= 11 is 0.